The summed E-state index contributed by atoms with van der Waals surface area (Å²) in [6.45, 7) is 0.370. The number of benzene rings is 2. The van der Waals surface area contributed by atoms with Gasteiger partial charge in [0.2, 0.25) is 0 Å². The van der Waals surface area contributed by atoms with Crippen LogP contribution in [0.25, 0.3) is 0 Å². The zero-order chi connectivity index (χ0) is 18.4. The fourth-order valence-corrected chi connectivity index (χ4v) is 2.59. The number of carbonyl (C=O) groups is 2. The molecule has 132 valence electrons. The molecule has 0 saturated heterocycles. The molecule has 7 heteroatoms. The van der Waals surface area contributed by atoms with Crippen molar-refractivity contribution in [1.82, 2.24) is 0 Å². The summed E-state index contributed by atoms with van der Waals surface area (Å²) >= 11 is 11.8. The van der Waals surface area contributed by atoms with E-state index >= 15 is 0 Å². The second-order valence-electron chi connectivity index (χ2n) is 5.78. The van der Waals surface area contributed by atoms with Gasteiger partial charge in [0.1, 0.15) is 0 Å². The Kier molecular flexibility index (Phi) is 6.82. The Morgan fingerprint density at radius 3 is 2.36 bits per heavy atom. The van der Waals surface area contributed by atoms with Crippen LogP contribution in [0, 0.1) is 0 Å². The van der Waals surface area contributed by atoms with Crippen LogP contribution in [-0.2, 0) is 9.59 Å². The summed E-state index contributed by atoms with van der Waals surface area (Å²) in [5.74, 6) is -0.267. The minimum Gasteiger partial charge on any atom is -0.322 e. The van der Waals surface area contributed by atoms with E-state index in [0.29, 0.717) is 15.7 Å². The van der Waals surface area contributed by atoms with Crippen LogP contribution in [0.15, 0.2) is 48.5 Å². The van der Waals surface area contributed by atoms with Crippen molar-refractivity contribution in [3.05, 3.63) is 58.6 Å². The average molecular weight is 381 g/mol. The summed E-state index contributed by atoms with van der Waals surface area (Å²) in [7, 11) is 3.52. The minimum atomic E-state index is -0.203. The minimum absolute atomic E-state index is 0.0639. The van der Waals surface area contributed by atoms with Gasteiger partial charge in [0.25, 0.3) is 11.8 Å². The van der Waals surface area contributed by atoms with Gasteiger partial charge >= 0.3 is 0 Å². The standard InChI is InChI=1S/C18H19Cl2N3O2/c1-22(12-18(25)23(2)14-6-4-3-5-7-14)11-17(24)21-13-8-9-15(19)16(20)10-13/h3-10H,11-12H2,1-2H3,(H,21,24)/p+1. The first-order chi connectivity index (χ1) is 11.9. The van der Waals surface area contributed by atoms with Crippen molar-refractivity contribution in [1.29, 1.82) is 0 Å². The van der Waals surface area contributed by atoms with Crippen molar-refractivity contribution >= 4 is 46.4 Å². The second-order valence-corrected chi connectivity index (χ2v) is 6.59. The van der Waals surface area contributed by atoms with E-state index in [4.69, 9.17) is 23.2 Å². The zero-order valence-electron chi connectivity index (χ0n) is 14.1. The third-order valence-electron chi connectivity index (χ3n) is 3.64. The molecule has 0 saturated carbocycles. The monoisotopic (exact) mass is 380 g/mol. The molecule has 2 aromatic carbocycles. The predicted molar refractivity (Wildman–Crippen MR) is 102 cm³/mol. The number of para-hydroxylation sites is 1. The number of nitrogens with zero attached hydrogens (tertiary/aromatic N) is 1. The fourth-order valence-electron chi connectivity index (χ4n) is 2.29. The van der Waals surface area contributed by atoms with Crippen LogP contribution >= 0.6 is 23.2 Å². The molecule has 0 aliphatic heterocycles. The number of nitrogens with one attached hydrogen (secondary N) is 2. The highest BCUT2D eigenvalue weighted by Crippen LogP contribution is 2.24. The molecule has 2 rings (SSSR count). The van der Waals surface area contributed by atoms with Gasteiger partial charge in [-0.05, 0) is 30.3 Å². The summed E-state index contributed by atoms with van der Waals surface area (Å²) in [5.41, 5.74) is 1.39. The highest BCUT2D eigenvalue weighted by atomic mass is 35.5. The Morgan fingerprint density at radius 1 is 1.04 bits per heavy atom. The molecule has 0 heterocycles. The lowest BCUT2D eigenvalue weighted by atomic mass is 10.3. The molecule has 1 atom stereocenters. The fraction of sp³-hybridized carbons (Fsp3) is 0.222. The van der Waals surface area contributed by atoms with Crippen molar-refractivity contribution in [3.63, 3.8) is 0 Å². The van der Waals surface area contributed by atoms with Crippen LogP contribution in [0.1, 0.15) is 0 Å². The Bertz CT molecular complexity index is 753. The van der Waals surface area contributed by atoms with E-state index in [2.05, 4.69) is 5.32 Å². The van der Waals surface area contributed by atoms with Crippen molar-refractivity contribution < 1.29 is 14.5 Å². The van der Waals surface area contributed by atoms with Gasteiger partial charge in [0, 0.05) is 18.4 Å². The molecule has 2 amide bonds. The lowest BCUT2D eigenvalue weighted by Crippen LogP contribution is -3.11. The number of likely N-dealkylation sites (N-methyl/N-ethyl adjacent to an activating group) is 2. The van der Waals surface area contributed by atoms with Crippen molar-refractivity contribution in [2.75, 3.05) is 37.4 Å². The molecule has 0 aromatic heterocycles. The van der Waals surface area contributed by atoms with E-state index in [0.717, 1.165) is 10.6 Å². The van der Waals surface area contributed by atoms with E-state index in [1.807, 2.05) is 30.3 Å². The van der Waals surface area contributed by atoms with Crippen LogP contribution < -0.4 is 15.1 Å². The SMILES string of the molecule is CN(C(=O)C[NH+](C)CC(=O)Nc1ccc(Cl)c(Cl)c1)c1ccccc1. The molecule has 2 N–H and O–H groups in total. The molecular formula is C18H20Cl2N3O2+. The topological polar surface area (TPSA) is 53.9 Å². The number of rotatable bonds is 6. The number of quaternary nitrogens is 1. The van der Waals surface area contributed by atoms with Gasteiger partial charge in [0.05, 0.1) is 17.1 Å². The lowest BCUT2D eigenvalue weighted by molar-refractivity contribution is -0.862. The van der Waals surface area contributed by atoms with Crippen molar-refractivity contribution in [3.8, 4) is 0 Å². The highest BCUT2D eigenvalue weighted by molar-refractivity contribution is 6.42. The van der Waals surface area contributed by atoms with Crippen LogP contribution in [0.2, 0.25) is 10.0 Å². The molecule has 2 aromatic rings. The molecule has 1 unspecified atom stereocenters. The number of amides is 2. The number of hydrogen-bond donors (Lipinski definition) is 2. The zero-order valence-corrected chi connectivity index (χ0v) is 15.6. The van der Waals surface area contributed by atoms with Gasteiger partial charge in [-0.2, -0.15) is 0 Å². The average Bonchev–Trinajstić information content (AvgIpc) is 2.58. The van der Waals surface area contributed by atoms with Gasteiger partial charge in [-0.15, -0.1) is 0 Å². The summed E-state index contributed by atoms with van der Waals surface area (Å²) in [6, 6.07) is 14.3. The Hall–Kier alpha value is -2.08. The third kappa shape index (κ3) is 5.74. The summed E-state index contributed by atoms with van der Waals surface area (Å²) < 4.78 is 0. The summed E-state index contributed by atoms with van der Waals surface area (Å²) in [6.07, 6.45) is 0. The highest BCUT2D eigenvalue weighted by Gasteiger charge is 2.18. The Balaban J connectivity index is 1.86. The van der Waals surface area contributed by atoms with Gasteiger partial charge in [0.15, 0.2) is 13.1 Å². The molecule has 0 aliphatic rings. The van der Waals surface area contributed by atoms with E-state index in [-0.39, 0.29) is 24.9 Å². The van der Waals surface area contributed by atoms with Crippen LogP contribution in [0.5, 0.6) is 0 Å². The van der Waals surface area contributed by atoms with Gasteiger partial charge < -0.3 is 15.1 Å². The van der Waals surface area contributed by atoms with Gasteiger partial charge in [-0.3, -0.25) is 9.59 Å². The normalized spacial score (nSPS) is 11.7. The van der Waals surface area contributed by atoms with Crippen molar-refractivity contribution in [2.45, 2.75) is 0 Å². The third-order valence-corrected chi connectivity index (χ3v) is 4.38. The predicted octanol–water partition coefficient (Wildman–Crippen LogP) is 2.11. The number of hydrogen-bond acceptors (Lipinski definition) is 2. The first-order valence-electron chi connectivity index (χ1n) is 7.74. The van der Waals surface area contributed by atoms with E-state index < -0.39 is 0 Å². The first-order valence-corrected chi connectivity index (χ1v) is 8.50. The molecule has 25 heavy (non-hydrogen) atoms. The Labute approximate surface area is 157 Å². The summed E-state index contributed by atoms with van der Waals surface area (Å²) in [4.78, 5) is 26.8. The molecule has 0 radical (unpaired) electrons. The van der Waals surface area contributed by atoms with E-state index in [1.165, 1.54) is 0 Å². The maximum Gasteiger partial charge on any atom is 0.281 e. The van der Waals surface area contributed by atoms with E-state index in [1.54, 1.807) is 37.2 Å². The van der Waals surface area contributed by atoms with Crippen LogP contribution in [0.4, 0.5) is 11.4 Å². The Morgan fingerprint density at radius 2 is 1.72 bits per heavy atom. The molecule has 5 nitrogen and oxygen atoms in total. The molecule has 0 bridgehead atoms. The lowest BCUT2D eigenvalue weighted by Gasteiger charge is -2.20. The van der Waals surface area contributed by atoms with Crippen molar-refractivity contribution in [2.24, 2.45) is 0 Å². The van der Waals surface area contributed by atoms with Gasteiger partial charge in [-0.25, -0.2) is 0 Å². The quantitative estimate of drug-likeness (QED) is 0.806. The smallest absolute Gasteiger partial charge is 0.281 e. The van der Waals surface area contributed by atoms with Gasteiger partial charge in [-0.1, -0.05) is 41.4 Å². The molecule has 0 fully saturated rings. The summed E-state index contributed by atoms with van der Waals surface area (Å²) in [5, 5.41) is 3.55. The number of halogens is 2. The molecule has 0 aliphatic carbocycles. The molecular weight excluding hydrogens is 361 g/mol. The largest absolute Gasteiger partial charge is 0.322 e. The second kappa shape index (κ2) is 8.85. The number of anilines is 2. The molecule has 0 spiro atoms. The van der Waals surface area contributed by atoms with Crippen LogP contribution in [-0.4, -0.2) is 39.0 Å². The van der Waals surface area contributed by atoms with Crippen LogP contribution in [0.3, 0.4) is 0 Å². The maximum atomic E-state index is 12.3. The number of carbonyl (C=O) groups excluding carboxylic acids is 2. The first kappa shape index (κ1) is 19.2. The maximum absolute atomic E-state index is 12.3. The van der Waals surface area contributed by atoms with E-state index in [9.17, 15) is 9.59 Å².